The molecule has 20 heavy (non-hydrogen) atoms. The average molecular weight is 328 g/mol. The first-order chi connectivity index (χ1) is 9.17. The zero-order chi connectivity index (χ0) is 14.1. The summed E-state index contributed by atoms with van der Waals surface area (Å²) in [5, 5.41) is 8.59. The second-order valence-electron chi connectivity index (χ2n) is 4.28. The van der Waals surface area contributed by atoms with Gasteiger partial charge in [0, 0.05) is 37.0 Å². The van der Waals surface area contributed by atoms with Gasteiger partial charge in [0.15, 0.2) is 0 Å². The van der Waals surface area contributed by atoms with Crippen molar-refractivity contribution in [1.29, 1.82) is 0 Å². The molecule has 3 nitrogen and oxygen atoms in total. The van der Waals surface area contributed by atoms with Crippen LogP contribution in [0.15, 0.2) is 24.3 Å². The van der Waals surface area contributed by atoms with E-state index in [1.807, 2.05) is 24.3 Å². The molecule has 0 aliphatic rings. The van der Waals surface area contributed by atoms with Gasteiger partial charge in [0.25, 0.3) is 0 Å². The third-order valence-electron chi connectivity index (χ3n) is 2.87. The van der Waals surface area contributed by atoms with Crippen LogP contribution in [0.3, 0.4) is 0 Å². The summed E-state index contributed by atoms with van der Waals surface area (Å²) >= 11 is 11.5. The molecule has 0 aliphatic heterocycles. The monoisotopic (exact) mass is 327 g/mol. The number of rotatable bonds is 9. The maximum atomic E-state index is 10.4. The van der Waals surface area contributed by atoms with Gasteiger partial charge in [-0.15, -0.1) is 23.2 Å². The third-order valence-corrected chi connectivity index (χ3v) is 3.20. The van der Waals surface area contributed by atoms with Gasteiger partial charge in [-0.05, 0) is 30.5 Å². The molecule has 108 valence electrons. The second-order valence-corrected chi connectivity index (χ2v) is 5.03. The Morgan fingerprint density at radius 2 is 1.70 bits per heavy atom. The zero-order valence-electron chi connectivity index (χ0n) is 12.8. The van der Waals surface area contributed by atoms with Crippen LogP contribution in [0.1, 0.15) is 19.8 Å². The normalized spacial score (nSPS) is 9.90. The standard InChI is InChI=1S/C14H19Cl2NO2.Na.H/c15-8-10-17(11-9-16)13-6-4-12(5-7-13)2-1-3-14(18)19;;/h4-7H,1-3,8-11H2,(H,18,19);;/q;+1;-1. The van der Waals surface area contributed by atoms with E-state index < -0.39 is 5.97 Å². The van der Waals surface area contributed by atoms with Gasteiger partial charge in [-0.2, -0.15) is 0 Å². The molecule has 0 aliphatic carbocycles. The Labute approximate surface area is 154 Å². The molecule has 0 aromatic heterocycles. The topological polar surface area (TPSA) is 40.5 Å². The largest absolute Gasteiger partial charge is 1.00 e. The molecule has 0 radical (unpaired) electrons. The molecule has 0 atom stereocenters. The number of aryl methyl sites for hydroxylation is 1. The predicted molar refractivity (Wildman–Crippen MR) is 81.8 cm³/mol. The van der Waals surface area contributed by atoms with Crippen LogP contribution in [0.2, 0.25) is 0 Å². The van der Waals surface area contributed by atoms with Crippen LogP contribution >= 0.6 is 23.2 Å². The summed E-state index contributed by atoms with van der Waals surface area (Å²) < 4.78 is 0. The average Bonchev–Trinajstić information content (AvgIpc) is 2.39. The second kappa shape index (κ2) is 11.7. The van der Waals surface area contributed by atoms with Crippen LogP contribution in [0.5, 0.6) is 0 Å². The minimum atomic E-state index is -0.743. The Morgan fingerprint density at radius 1 is 1.15 bits per heavy atom. The number of aliphatic carboxylic acids is 1. The number of hydrogen-bond acceptors (Lipinski definition) is 2. The number of carboxylic acid groups (broad SMARTS) is 1. The zero-order valence-corrected chi connectivity index (χ0v) is 15.3. The summed E-state index contributed by atoms with van der Waals surface area (Å²) in [6.07, 6.45) is 1.67. The van der Waals surface area contributed by atoms with Gasteiger partial charge >= 0.3 is 35.5 Å². The van der Waals surface area contributed by atoms with E-state index >= 15 is 0 Å². The molecule has 6 heteroatoms. The van der Waals surface area contributed by atoms with E-state index in [0.717, 1.165) is 30.8 Å². The molecule has 1 aromatic carbocycles. The van der Waals surface area contributed by atoms with Crippen molar-refractivity contribution >= 4 is 34.9 Å². The van der Waals surface area contributed by atoms with Crippen molar-refractivity contribution in [3.8, 4) is 0 Å². The van der Waals surface area contributed by atoms with Crippen molar-refractivity contribution in [1.82, 2.24) is 0 Å². The summed E-state index contributed by atoms with van der Waals surface area (Å²) in [7, 11) is 0. The maximum absolute atomic E-state index is 10.4. The number of halogens is 2. The van der Waals surface area contributed by atoms with Crippen LogP contribution in [-0.2, 0) is 11.2 Å². The van der Waals surface area contributed by atoms with Crippen LogP contribution in [0.4, 0.5) is 5.69 Å². The van der Waals surface area contributed by atoms with Crippen molar-refractivity contribution in [3.05, 3.63) is 29.8 Å². The quantitative estimate of drug-likeness (QED) is 0.530. The fourth-order valence-electron chi connectivity index (χ4n) is 1.89. The molecule has 1 N–H and O–H groups in total. The summed E-state index contributed by atoms with van der Waals surface area (Å²) in [5.74, 6) is 0.390. The third kappa shape index (κ3) is 7.75. The first-order valence-electron chi connectivity index (χ1n) is 6.35. The Balaban J connectivity index is 0. The molecular formula is C14H20Cl2NNaO2. The van der Waals surface area contributed by atoms with E-state index in [0.29, 0.717) is 18.2 Å². The Hall–Kier alpha value is 0.0700. The van der Waals surface area contributed by atoms with E-state index in [9.17, 15) is 4.79 Å². The van der Waals surface area contributed by atoms with E-state index in [1.54, 1.807) is 0 Å². The predicted octanol–water partition coefficient (Wildman–Crippen LogP) is 0.494. The number of anilines is 1. The number of carbonyl (C=O) groups is 1. The summed E-state index contributed by atoms with van der Waals surface area (Å²) in [4.78, 5) is 12.6. The maximum Gasteiger partial charge on any atom is 1.00 e. The van der Waals surface area contributed by atoms with Gasteiger partial charge in [-0.3, -0.25) is 4.79 Å². The first kappa shape index (κ1) is 20.1. The summed E-state index contributed by atoms with van der Waals surface area (Å²) in [5.41, 5.74) is 2.25. The van der Waals surface area contributed by atoms with Crippen molar-refractivity contribution in [2.45, 2.75) is 19.3 Å². The molecule has 1 rings (SSSR count). The van der Waals surface area contributed by atoms with E-state index in [1.165, 1.54) is 0 Å². The molecule has 0 fully saturated rings. The summed E-state index contributed by atoms with van der Waals surface area (Å²) in [6.45, 7) is 1.54. The smallest absolute Gasteiger partial charge is 1.00 e. The molecular weight excluding hydrogens is 308 g/mol. The van der Waals surface area contributed by atoms with Crippen LogP contribution in [-0.4, -0.2) is 35.9 Å². The van der Waals surface area contributed by atoms with Gasteiger partial charge in [-0.1, -0.05) is 12.1 Å². The van der Waals surface area contributed by atoms with Crippen molar-refractivity contribution in [3.63, 3.8) is 0 Å². The molecule has 0 bridgehead atoms. The number of nitrogens with zero attached hydrogens (tertiary/aromatic N) is 1. The van der Waals surface area contributed by atoms with E-state index in [4.69, 9.17) is 28.3 Å². The molecule has 0 amide bonds. The molecule has 0 spiro atoms. The Bertz CT molecular complexity index is 387. The fraction of sp³-hybridized carbons (Fsp3) is 0.500. The minimum absolute atomic E-state index is 0. The number of hydrogen-bond donors (Lipinski definition) is 1. The molecule has 0 saturated carbocycles. The van der Waals surface area contributed by atoms with Gasteiger partial charge in [0.05, 0.1) is 0 Å². The molecule has 1 aromatic rings. The fourth-order valence-corrected chi connectivity index (χ4v) is 2.30. The van der Waals surface area contributed by atoms with Gasteiger partial charge in [0.2, 0.25) is 0 Å². The SMILES string of the molecule is O=C(O)CCCc1ccc(N(CCCl)CCCl)cc1.[H-].[Na+]. The van der Waals surface area contributed by atoms with Crippen molar-refractivity contribution in [2.75, 3.05) is 29.7 Å². The molecule has 0 heterocycles. The van der Waals surface area contributed by atoms with E-state index in [2.05, 4.69) is 4.90 Å². The van der Waals surface area contributed by atoms with Crippen LogP contribution < -0.4 is 34.5 Å². The van der Waals surface area contributed by atoms with Gasteiger partial charge in [-0.25, -0.2) is 0 Å². The van der Waals surface area contributed by atoms with Crippen LogP contribution in [0.25, 0.3) is 0 Å². The summed E-state index contributed by atoms with van der Waals surface area (Å²) in [6, 6.07) is 8.14. The molecule has 0 saturated heterocycles. The number of benzene rings is 1. The Kier molecular flexibility index (Phi) is 11.7. The van der Waals surface area contributed by atoms with Gasteiger partial charge < -0.3 is 11.4 Å². The van der Waals surface area contributed by atoms with Gasteiger partial charge in [0.1, 0.15) is 0 Å². The number of carboxylic acids is 1. The van der Waals surface area contributed by atoms with E-state index in [-0.39, 0.29) is 37.4 Å². The van der Waals surface area contributed by atoms with Crippen molar-refractivity contribution in [2.24, 2.45) is 0 Å². The Morgan fingerprint density at radius 3 is 2.15 bits per heavy atom. The molecule has 0 unspecified atom stereocenters. The number of alkyl halides is 2. The first-order valence-corrected chi connectivity index (χ1v) is 7.42. The van der Waals surface area contributed by atoms with Crippen molar-refractivity contribution < 1.29 is 40.9 Å². The minimum Gasteiger partial charge on any atom is -1.00 e. The van der Waals surface area contributed by atoms with Crippen LogP contribution in [0, 0.1) is 0 Å².